The summed E-state index contributed by atoms with van der Waals surface area (Å²) in [7, 11) is 0. The molecule has 0 saturated carbocycles. The van der Waals surface area contributed by atoms with Crippen molar-refractivity contribution in [2.24, 2.45) is 0 Å². The molecule has 0 atom stereocenters. The molecule has 0 unspecified atom stereocenters. The summed E-state index contributed by atoms with van der Waals surface area (Å²) in [5, 5.41) is 0. The quantitative estimate of drug-likeness (QED) is 0.474. The van der Waals surface area contributed by atoms with E-state index in [9.17, 15) is 0 Å². The van der Waals surface area contributed by atoms with E-state index < -0.39 is 0 Å². The van der Waals surface area contributed by atoms with Gasteiger partial charge in [-0.3, -0.25) is 0 Å². The Kier molecular flexibility index (Phi) is 139. The Morgan fingerprint density at radius 2 is 1.00 bits per heavy atom. The average Bonchev–Trinajstić information content (AvgIpc) is 0.918. The second-order valence-corrected chi connectivity index (χ2v) is 0.577. The van der Waals surface area contributed by atoms with Crippen LogP contribution in [0.5, 0.6) is 0 Å². The fourth-order valence-corrected chi connectivity index (χ4v) is 0. The van der Waals surface area contributed by atoms with E-state index >= 15 is 0 Å². The van der Waals surface area contributed by atoms with Gasteiger partial charge >= 0.3 is 0 Å². The van der Waals surface area contributed by atoms with Crippen LogP contribution >= 0.6 is 24.8 Å². The molecular formula is C3H9Cl2Hf-. The molecule has 0 saturated heterocycles. The average molecular weight is 295 g/mol. The molecule has 0 heterocycles. The molecule has 0 aromatic heterocycles. The minimum absolute atomic E-state index is 0. The number of halogens is 2. The predicted octanol–water partition coefficient (Wildman–Crippen LogP) is 2.07. The minimum Gasteiger partial charge on any atom is -0.335 e. The molecule has 3 heteroatoms. The monoisotopic (exact) mass is 295 g/mol. The van der Waals surface area contributed by atoms with Crippen molar-refractivity contribution in [3.8, 4) is 0 Å². The fourth-order valence-electron chi connectivity index (χ4n) is 0. The summed E-state index contributed by atoms with van der Waals surface area (Å²) < 4.78 is 0. The third kappa shape index (κ3) is 51.3. The van der Waals surface area contributed by atoms with Gasteiger partial charge in [-0.05, 0) is 0 Å². The second kappa shape index (κ2) is 31.9. The molecule has 0 rings (SSSR count). The maximum Gasteiger partial charge on any atom is 0 e. The predicted molar refractivity (Wildman–Crippen MR) is 30.1 cm³/mol. The van der Waals surface area contributed by atoms with Crippen molar-refractivity contribution in [1.82, 2.24) is 0 Å². The van der Waals surface area contributed by atoms with Gasteiger partial charge in [0.2, 0.25) is 0 Å². The maximum absolute atomic E-state index is 2.00. The SMILES string of the molecule is C[CH-]C.Cl.Cl.[Hf]. The third-order valence-electron chi connectivity index (χ3n) is 0. The van der Waals surface area contributed by atoms with Crippen LogP contribution in [0.3, 0.4) is 0 Å². The molecule has 0 aliphatic heterocycles. The van der Waals surface area contributed by atoms with Gasteiger partial charge in [-0.1, -0.05) is 0 Å². The molecule has 0 spiro atoms. The van der Waals surface area contributed by atoms with Gasteiger partial charge in [0.05, 0.1) is 0 Å². The molecule has 6 heavy (non-hydrogen) atoms. The van der Waals surface area contributed by atoms with Crippen molar-refractivity contribution in [1.29, 1.82) is 0 Å². The van der Waals surface area contributed by atoms with Crippen LogP contribution in [0.15, 0.2) is 0 Å². The summed E-state index contributed by atoms with van der Waals surface area (Å²) in [5.41, 5.74) is 0. The van der Waals surface area contributed by atoms with Crippen molar-refractivity contribution >= 4 is 24.8 Å². The molecule has 0 aromatic carbocycles. The number of hydrogen-bond acceptors (Lipinski definition) is 0. The van der Waals surface area contributed by atoms with Gasteiger partial charge in [0.15, 0.2) is 0 Å². The smallest absolute Gasteiger partial charge is 0 e. The van der Waals surface area contributed by atoms with Crippen LogP contribution < -0.4 is 0 Å². The summed E-state index contributed by atoms with van der Waals surface area (Å²) >= 11 is 0. The molecule has 0 aromatic rings. The van der Waals surface area contributed by atoms with E-state index in [1.165, 1.54) is 0 Å². The van der Waals surface area contributed by atoms with E-state index in [2.05, 4.69) is 0 Å². The molecule has 0 aliphatic carbocycles. The van der Waals surface area contributed by atoms with Crippen LogP contribution in [-0.4, -0.2) is 0 Å². The van der Waals surface area contributed by atoms with Crippen LogP contribution in [0.2, 0.25) is 0 Å². The first-order chi connectivity index (χ1) is 1.41. The Hall–Kier alpha value is 1.45. The molecule has 40 valence electrons. The van der Waals surface area contributed by atoms with Crippen molar-refractivity contribution < 1.29 is 25.8 Å². The van der Waals surface area contributed by atoms with Crippen LogP contribution in [-0.2, 0) is 25.8 Å². The molecule has 0 bridgehead atoms. The van der Waals surface area contributed by atoms with Crippen molar-refractivity contribution in [3.05, 3.63) is 6.42 Å². The molecule has 0 aliphatic rings. The Labute approximate surface area is 70.7 Å². The van der Waals surface area contributed by atoms with Crippen LogP contribution in [0.25, 0.3) is 0 Å². The Morgan fingerprint density at radius 3 is 1.00 bits per heavy atom. The molecule has 0 nitrogen and oxygen atoms in total. The van der Waals surface area contributed by atoms with Gasteiger partial charge in [0.25, 0.3) is 0 Å². The molecule has 0 N–H and O–H groups in total. The summed E-state index contributed by atoms with van der Waals surface area (Å²) in [6.07, 6.45) is 2.00. The molecule has 0 fully saturated rings. The standard InChI is InChI=1S/C3H7.2ClH.Hf/c1-3-2;;;/h3H,1-2H3;2*1H;/q-1;;;. The first-order valence-corrected chi connectivity index (χ1v) is 1.15. The van der Waals surface area contributed by atoms with E-state index in [1.807, 2.05) is 20.3 Å². The zero-order chi connectivity index (χ0) is 2.71. The third-order valence-corrected chi connectivity index (χ3v) is 0. The van der Waals surface area contributed by atoms with E-state index in [4.69, 9.17) is 0 Å². The molecular weight excluding hydrogens is 285 g/mol. The normalized spacial score (nSPS) is 3.00. The van der Waals surface area contributed by atoms with Gasteiger partial charge in [-0.15, -0.1) is 24.8 Å². The first-order valence-electron chi connectivity index (χ1n) is 1.15. The summed E-state index contributed by atoms with van der Waals surface area (Å²) in [5.74, 6) is 0. The van der Waals surface area contributed by atoms with E-state index in [1.54, 1.807) is 0 Å². The van der Waals surface area contributed by atoms with Gasteiger partial charge < -0.3 is 6.42 Å². The number of rotatable bonds is 0. The maximum atomic E-state index is 2.00. The van der Waals surface area contributed by atoms with Gasteiger partial charge in [0.1, 0.15) is 0 Å². The van der Waals surface area contributed by atoms with Crippen molar-refractivity contribution in [2.75, 3.05) is 0 Å². The largest absolute Gasteiger partial charge is 0.335 e. The Bertz CT molecular complexity index is 8.75. The van der Waals surface area contributed by atoms with E-state index in [0.29, 0.717) is 0 Å². The van der Waals surface area contributed by atoms with Crippen LogP contribution in [0, 0.1) is 6.42 Å². The van der Waals surface area contributed by atoms with Gasteiger partial charge in [-0.2, -0.15) is 13.8 Å². The van der Waals surface area contributed by atoms with Crippen molar-refractivity contribution in [2.45, 2.75) is 13.8 Å². The van der Waals surface area contributed by atoms with Crippen LogP contribution in [0.1, 0.15) is 13.8 Å². The van der Waals surface area contributed by atoms with E-state index in [0.717, 1.165) is 0 Å². The minimum atomic E-state index is 0. The Balaban J connectivity index is -0.00000000667. The topological polar surface area (TPSA) is 0 Å². The van der Waals surface area contributed by atoms with Crippen LogP contribution in [0.4, 0.5) is 0 Å². The summed E-state index contributed by atoms with van der Waals surface area (Å²) in [4.78, 5) is 0. The second-order valence-electron chi connectivity index (χ2n) is 0.577. The number of hydrogen-bond donors (Lipinski definition) is 0. The van der Waals surface area contributed by atoms with Gasteiger partial charge in [-0.25, -0.2) is 0 Å². The van der Waals surface area contributed by atoms with Gasteiger partial charge in [0, 0.05) is 25.8 Å². The fraction of sp³-hybridized carbons (Fsp3) is 0.667. The Morgan fingerprint density at radius 1 is 1.00 bits per heavy atom. The molecule has 0 radical (unpaired) electrons. The van der Waals surface area contributed by atoms with Crippen molar-refractivity contribution in [3.63, 3.8) is 0 Å². The zero-order valence-electron chi connectivity index (χ0n) is 3.89. The van der Waals surface area contributed by atoms with E-state index in [-0.39, 0.29) is 50.7 Å². The first kappa shape index (κ1) is 26.0. The summed E-state index contributed by atoms with van der Waals surface area (Å²) in [6.45, 7) is 4.00. The molecule has 0 amide bonds. The zero-order valence-corrected chi connectivity index (χ0v) is 9.12. The summed E-state index contributed by atoms with van der Waals surface area (Å²) in [6, 6.07) is 0.